The van der Waals surface area contributed by atoms with Gasteiger partial charge in [-0.15, -0.1) is 0 Å². The Bertz CT molecular complexity index is 829. The molecule has 29 heavy (non-hydrogen) atoms. The summed E-state index contributed by atoms with van der Waals surface area (Å²) in [6, 6.07) is 5.97. The van der Waals surface area contributed by atoms with Gasteiger partial charge in [-0.3, -0.25) is 9.69 Å². The van der Waals surface area contributed by atoms with E-state index in [-0.39, 0.29) is 36.7 Å². The van der Waals surface area contributed by atoms with Gasteiger partial charge >= 0.3 is 0 Å². The van der Waals surface area contributed by atoms with Gasteiger partial charge in [0, 0.05) is 31.2 Å². The number of carbonyl (C=O) groups excluding carboxylic acids is 1. The molecule has 2 heterocycles. The Labute approximate surface area is 173 Å². The second-order valence-electron chi connectivity index (χ2n) is 8.43. The van der Waals surface area contributed by atoms with Crippen LogP contribution in [0.15, 0.2) is 18.2 Å². The molecule has 0 aromatic heterocycles. The van der Waals surface area contributed by atoms with Crippen molar-refractivity contribution < 1.29 is 22.7 Å². The summed E-state index contributed by atoms with van der Waals surface area (Å²) in [5.41, 5.74) is 0.842. The zero-order chi connectivity index (χ0) is 21.2. The van der Waals surface area contributed by atoms with Crippen molar-refractivity contribution in [2.45, 2.75) is 58.7 Å². The quantitative estimate of drug-likeness (QED) is 0.636. The Morgan fingerprint density at radius 3 is 2.41 bits per heavy atom. The first-order chi connectivity index (χ1) is 13.7. The average Bonchev–Trinajstić information content (AvgIpc) is 3.23. The molecule has 2 aliphatic rings. The molecule has 0 aliphatic carbocycles. The molecule has 0 radical (unpaired) electrons. The van der Waals surface area contributed by atoms with Gasteiger partial charge in [-0.1, -0.05) is 6.07 Å². The summed E-state index contributed by atoms with van der Waals surface area (Å²) in [5, 5.41) is 0. The Morgan fingerprint density at radius 1 is 1.10 bits per heavy atom. The second kappa shape index (κ2) is 8.92. The predicted molar refractivity (Wildman–Crippen MR) is 112 cm³/mol. The molecule has 2 aliphatic heterocycles. The highest BCUT2D eigenvalue weighted by Gasteiger charge is 2.35. The van der Waals surface area contributed by atoms with Crippen LogP contribution in [0, 0.1) is 0 Å². The van der Waals surface area contributed by atoms with E-state index < -0.39 is 9.84 Å². The highest BCUT2D eigenvalue weighted by atomic mass is 32.2. The summed E-state index contributed by atoms with van der Waals surface area (Å²) in [6.07, 6.45) is 0.731. The molecule has 0 saturated carbocycles. The molecule has 0 N–H and O–H groups in total. The molecule has 1 amide bonds. The van der Waals surface area contributed by atoms with Crippen LogP contribution in [0.2, 0.25) is 0 Å². The van der Waals surface area contributed by atoms with Crippen LogP contribution in [-0.2, 0) is 21.1 Å². The van der Waals surface area contributed by atoms with Crippen LogP contribution in [0.4, 0.5) is 0 Å². The number of hydrogen-bond acceptors (Lipinski definition) is 6. The molecule has 1 aromatic rings. The second-order valence-corrected chi connectivity index (χ2v) is 10.7. The number of rotatable bonds is 8. The minimum atomic E-state index is -3.07. The van der Waals surface area contributed by atoms with E-state index in [2.05, 4.69) is 32.6 Å². The summed E-state index contributed by atoms with van der Waals surface area (Å²) >= 11 is 0. The third kappa shape index (κ3) is 5.42. The lowest BCUT2D eigenvalue weighted by molar-refractivity contribution is -0.132. The Balaban J connectivity index is 1.74. The third-order valence-corrected chi connectivity index (χ3v) is 7.44. The van der Waals surface area contributed by atoms with Gasteiger partial charge < -0.3 is 14.4 Å². The van der Waals surface area contributed by atoms with Crippen LogP contribution < -0.4 is 9.47 Å². The summed E-state index contributed by atoms with van der Waals surface area (Å²) in [6.45, 7) is 9.99. The molecule has 1 aromatic carbocycles. The number of nitrogens with zero attached hydrogens (tertiary/aromatic N) is 2. The van der Waals surface area contributed by atoms with E-state index >= 15 is 0 Å². The van der Waals surface area contributed by atoms with Gasteiger partial charge in [0.2, 0.25) is 12.7 Å². The summed E-state index contributed by atoms with van der Waals surface area (Å²) in [5.74, 6) is 1.51. The van der Waals surface area contributed by atoms with Crippen LogP contribution in [0.3, 0.4) is 0 Å². The van der Waals surface area contributed by atoms with E-state index in [4.69, 9.17) is 9.47 Å². The number of benzene rings is 1. The highest BCUT2D eigenvalue weighted by Crippen LogP contribution is 2.32. The fourth-order valence-corrected chi connectivity index (χ4v) is 5.93. The number of carbonyl (C=O) groups is 1. The molecule has 1 atom stereocenters. The molecular weight excluding hydrogens is 392 g/mol. The summed E-state index contributed by atoms with van der Waals surface area (Å²) in [4.78, 5) is 17.3. The minimum absolute atomic E-state index is 0.0431. The van der Waals surface area contributed by atoms with Gasteiger partial charge in [0.05, 0.1) is 17.9 Å². The van der Waals surface area contributed by atoms with Crippen molar-refractivity contribution >= 4 is 15.7 Å². The number of sulfone groups is 1. The predicted octanol–water partition coefficient (Wildman–Crippen LogP) is 2.09. The standard InChI is InChI=1S/C21H32N2O5S/c1-15(2)22(16(3)4)8-9-23(18-7-10-29(25,26)13-18)21(24)12-17-5-6-19-20(11-17)28-14-27-19/h5-6,11,15-16,18H,7-10,12-14H2,1-4H3. The number of hydrogen-bond donors (Lipinski definition) is 0. The molecule has 1 unspecified atom stereocenters. The van der Waals surface area contributed by atoms with Crippen molar-refractivity contribution in [2.75, 3.05) is 31.4 Å². The smallest absolute Gasteiger partial charge is 0.231 e. The lowest BCUT2D eigenvalue weighted by Crippen LogP contribution is -2.48. The SMILES string of the molecule is CC(C)N(CCN(C(=O)Cc1ccc2c(c1)OCO2)C1CCS(=O)(=O)C1)C(C)C. The van der Waals surface area contributed by atoms with E-state index in [1.165, 1.54) is 0 Å². The first-order valence-corrected chi connectivity index (χ1v) is 12.1. The third-order valence-electron chi connectivity index (χ3n) is 5.69. The van der Waals surface area contributed by atoms with E-state index in [1.54, 1.807) is 4.90 Å². The minimum Gasteiger partial charge on any atom is -0.454 e. The van der Waals surface area contributed by atoms with Crippen molar-refractivity contribution in [1.82, 2.24) is 9.80 Å². The lowest BCUT2D eigenvalue weighted by atomic mass is 10.1. The van der Waals surface area contributed by atoms with Crippen molar-refractivity contribution in [2.24, 2.45) is 0 Å². The largest absolute Gasteiger partial charge is 0.454 e. The molecule has 3 rings (SSSR count). The van der Waals surface area contributed by atoms with E-state index in [0.717, 1.165) is 12.1 Å². The van der Waals surface area contributed by atoms with Crippen LogP contribution in [0.5, 0.6) is 11.5 Å². The molecule has 0 bridgehead atoms. The van der Waals surface area contributed by atoms with Crippen LogP contribution in [-0.4, -0.2) is 73.6 Å². The van der Waals surface area contributed by atoms with Crippen molar-refractivity contribution in [3.63, 3.8) is 0 Å². The van der Waals surface area contributed by atoms with E-state index in [1.807, 2.05) is 18.2 Å². The monoisotopic (exact) mass is 424 g/mol. The van der Waals surface area contributed by atoms with Crippen LogP contribution >= 0.6 is 0 Å². The Morgan fingerprint density at radius 2 is 1.79 bits per heavy atom. The number of amides is 1. The zero-order valence-corrected chi connectivity index (χ0v) is 18.6. The van der Waals surface area contributed by atoms with Crippen molar-refractivity contribution in [3.8, 4) is 11.5 Å². The lowest BCUT2D eigenvalue weighted by Gasteiger charge is -2.35. The molecular formula is C21H32N2O5S. The molecule has 162 valence electrons. The number of fused-ring (bicyclic) bond motifs is 1. The van der Waals surface area contributed by atoms with E-state index in [9.17, 15) is 13.2 Å². The Kier molecular flexibility index (Phi) is 6.73. The van der Waals surface area contributed by atoms with Crippen LogP contribution in [0.1, 0.15) is 39.7 Å². The van der Waals surface area contributed by atoms with Gasteiger partial charge in [-0.25, -0.2) is 8.42 Å². The first-order valence-electron chi connectivity index (χ1n) is 10.3. The fourth-order valence-electron chi connectivity index (χ4n) is 4.20. The number of ether oxygens (including phenoxy) is 2. The first kappa shape index (κ1) is 21.9. The maximum Gasteiger partial charge on any atom is 0.231 e. The van der Waals surface area contributed by atoms with Gasteiger partial charge in [0.15, 0.2) is 21.3 Å². The van der Waals surface area contributed by atoms with Gasteiger partial charge in [0.25, 0.3) is 0 Å². The summed E-state index contributed by atoms with van der Waals surface area (Å²) in [7, 11) is -3.07. The van der Waals surface area contributed by atoms with Crippen molar-refractivity contribution in [3.05, 3.63) is 23.8 Å². The maximum atomic E-state index is 13.2. The van der Waals surface area contributed by atoms with Gasteiger partial charge in [-0.2, -0.15) is 0 Å². The average molecular weight is 425 g/mol. The van der Waals surface area contributed by atoms with Crippen LogP contribution in [0.25, 0.3) is 0 Å². The Hall–Kier alpha value is -1.80. The topological polar surface area (TPSA) is 76.2 Å². The van der Waals surface area contributed by atoms with Crippen molar-refractivity contribution in [1.29, 1.82) is 0 Å². The van der Waals surface area contributed by atoms with Gasteiger partial charge in [-0.05, 0) is 51.8 Å². The molecule has 0 spiro atoms. The fraction of sp³-hybridized carbons (Fsp3) is 0.667. The van der Waals surface area contributed by atoms with Gasteiger partial charge in [0.1, 0.15) is 0 Å². The molecule has 7 nitrogen and oxygen atoms in total. The maximum absolute atomic E-state index is 13.2. The molecule has 8 heteroatoms. The van der Waals surface area contributed by atoms with E-state index in [0.29, 0.717) is 36.5 Å². The zero-order valence-electron chi connectivity index (χ0n) is 17.8. The highest BCUT2D eigenvalue weighted by molar-refractivity contribution is 7.91. The normalized spacial score (nSPS) is 20.0. The molecule has 1 fully saturated rings. The summed E-state index contributed by atoms with van der Waals surface area (Å²) < 4.78 is 34.8. The molecule has 1 saturated heterocycles.